The topological polar surface area (TPSA) is 52.7 Å². The molecule has 0 spiro atoms. The first-order valence-corrected chi connectivity index (χ1v) is 9.11. The Bertz CT molecular complexity index is 817. The molecule has 1 N–H and O–H groups in total. The number of benzene rings is 2. The Balaban J connectivity index is 1.86. The van der Waals surface area contributed by atoms with Crippen LogP contribution in [-0.4, -0.2) is 48.8 Å². The van der Waals surface area contributed by atoms with Gasteiger partial charge in [0.25, 0.3) is 0 Å². The van der Waals surface area contributed by atoms with E-state index in [4.69, 9.17) is 0 Å². The van der Waals surface area contributed by atoms with Crippen LogP contribution in [-0.2, 0) is 16.1 Å². The zero-order valence-electron chi connectivity index (χ0n) is 16.9. The van der Waals surface area contributed by atoms with Crippen LogP contribution in [0.25, 0.3) is 0 Å². The molecule has 2 rings (SSSR count). The van der Waals surface area contributed by atoms with Crippen LogP contribution in [0.3, 0.4) is 0 Å². The van der Waals surface area contributed by atoms with Gasteiger partial charge in [0, 0.05) is 19.3 Å². The lowest BCUT2D eigenvalue weighted by molar-refractivity contribution is -0.131. The molecule has 0 aliphatic heterocycles. The maximum atomic E-state index is 12.5. The number of carbonyl (C=O) groups is 2. The average molecular weight is 367 g/mol. The predicted octanol–water partition coefficient (Wildman–Crippen LogP) is 3.14. The number of hydrogen-bond donors (Lipinski definition) is 1. The van der Waals surface area contributed by atoms with Gasteiger partial charge < -0.3 is 10.2 Å². The highest BCUT2D eigenvalue weighted by Gasteiger charge is 2.15. The molecule has 0 fully saturated rings. The smallest absolute Gasteiger partial charge is 0.238 e. The summed E-state index contributed by atoms with van der Waals surface area (Å²) in [4.78, 5) is 28.2. The summed E-state index contributed by atoms with van der Waals surface area (Å²) in [5.41, 5.74) is 5.30. The van der Waals surface area contributed by atoms with Crippen LogP contribution in [0.2, 0.25) is 0 Å². The van der Waals surface area contributed by atoms with Crippen LogP contribution in [0.4, 0.5) is 5.69 Å². The molecule has 0 atom stereocenters. The molecule has 2 amide bonds. The Hall–Kier alpha value is -2.66. The molecule has 27 heavy (non-hydrogen) atoms. The largest absolute Gasteiger partial charge is 0.340 e. The molecule has 0 unspecified atom stereocenters. The number of amides is 2. The van der Waals surface area contributed by atoms with Gasteiger partial charge in [0.2, 0.25) is 11.8 Å². The zero-order chi connectivity index (χ0) is 20.0. The Morgan fingerprint density at radius 2 is 1.56 bits per heavy atom. The minimum Gasteiger partial charge on any atom is -0.340 e. The van der Waals surface area contributed by atoms with Crippen LogP contribution >= 0.6 is 0 Å². The molecule has 2 aromatic carbocycles. The van der Waals surface area contributed by atoms with Crippen molar-refractivity contribution in [1.82, 2.24) is 9.80 Å². The first kappa shape index (κ1) is 20.6. The molecule has 0 aromatic heterocycles. The average Bonchev–Trinajstić information content (AvgIpc) is 2.60. The number of hydrogen-bond acceptors (Lipinski definition) is 3. The quantitative estimate of drug-likeness (QED) is 0.818. The lowest BCUT2D eigenvalue weighted by atomic mass is 10.1. The summed E-state index contributed by atoms with van der Waals surface area (Å²) >= 11 is 0. The van der Waals surface area contributed by atoms with E-state index in [1.807, 2.05) is 63.2 Å². The van der Waals surface area contributed by atoms with E-state index in [0.717, 1.165) is 22.4 Å². The number of aryl methyl sites for hydroxylation is 2. The van der Waals surface area contributed by atoms with Gasteiger partial charge in [0.05, 0.1) is 13.1 Å². The number of anilines is 1. The van der Waals surface area contributed by atoms with Gasteiger partial charge in [-0.1, -0.05) is 36.4 Å². The van der Waals surface area contributed by atoms with Gasteiger partial charge in [-0.3, -0.25) is 14.5 Å². The number of rotatable bonds is 7. The van der Waals surface area contributed by atoms with Gasteiger partial charge in [0.1, 0.15) is 0 Å². The number of likely N-dealkylation sites (N-methyl/N-ethyl adjacent to an activating group) is 2. The summed E-state index contributed by atoms with van der Waals surface area (Å²) in [5, 5.41) is 2.93. The Morgan fingerprint density at radius 3 is 2.26 bits per heavy atom. The van der Waals surface area contributed by atoms with Crippen molar-refractivity contribution in [3.05, 3.63) is 64.7 Å². The molecule has 2 aromatic rings. The van der Waals surface area contributed by atoms with E-state index in [2.05, 4.69) is 5.32 Å². The van der Waals surface area contributed by atoms with E-state index in [1.54, 1.807) is 23.9 Å². The van der Waals surface area contributed by atoms with Crippen LogP contribution < -0.4 is 5.32 Å². The molecule has 0 aliphatic rings. The third kappa shape index (κ3) is 5.93. The van der Waals surface area contributed by atoms with Crippen molar-refractivity contribution in [1.29, 1.82) is 0 Å². The lowest BCUT2D eigenvalue weighted by Crippen LogP contribution is -2.39. The summed E-state index contributed by atoms with van der Waals surface area (Å²) in [6, 6.07) is 13.9. The minimum absolute atomic E-state index is 0.0136. The zero-order valence-corrected chi connectivity index (χ0v) is 16.9. The normalized spacial score (nSPS) is 10.7. The molecule has 0 saturated carbocycles. The summed E-state index contributed by atoms with van der Waals surface area (Å²) in [5.74, 6) is -0.138. The van der Waals surface area contributed by atoms with Gasteiger partial charge in [-0.15, -0.1) is 0 Å². The van der Waals surface area contributed by atoms with Crippen molar-refractivity contribution in [2.45, 2.75) is 27.3 Å². The van der Waals surface area contributed by atoms with E-state index in [0.29, 0.717) is 6.54 Å². The van der Waals surface area contributed by atoms with Crippen molar-refractivity contribution in [3.63, 3.8) is 0 Å². The van der Waals surface area contributed by atoms with Crippen molar-refractivity contribution < 1.29 is 9.59 Å². The Morgan fingerprint density at radius 1 is 0.889 bits per heavy atom. The fraction of sp³-hybridized carbons (Fsp3) is 0.364. The van der Waals surface area contributed by atoms with Crippen molar-refractivity contribution in [2.75, 3.05) is 32.5 Å². The van der Waals surface area contributed by atoms with Gasteiger partial charge >= 0.3 is 0 Å². The van der Waals surface area contributed by atoms with E-state index in [-0.39, 0.29) is 24.9 Å². The third-order valence-electron chi connectivity index (χ3n) is 4.79. The molecular weight excluding hydrogens is 338 g/mol. The van der Waals surface area contributed by atoms with Crippen molar-refractivity contribution in [3.8, 4) is 0 Å². The highest BCUT2D eigenvalue weighted by atomic mass is 16.2. The predicted molar refractivity (Wildman–Crippen MR) is 110 cm³/mol. The Labute approximate surface area is 162 Å². The summed E-state index contributed by atoms with van der Waals surface area (Å²) in [6.45, 7) is 6.96. The monoisotopic (exact) mass is 367 g/mol. The molecule has 5 heteroatoms. The van der Waals surface area contributed by atoms with Crippen molar-refractivity contribution in [2.24, 2.45) is 0 Å². The number of carbonyl (C=O) groups excluding carboxylic acids is 2. The molecule has 0 bridgehead atoms. The maximum Gasteiger partial charge on any atom is 0.238 e. The summed E-state index contributed by atoms with van der Waals surface area (Å²) in [7, 11) is 3.57. The lowest BCUT2D eigenvalue weighted by Gasteiger charge is -2.22. The van der Waals surface area contributed by atoms with Gasteiger partial charge in [-0.25, -0.2) is 0 Å². The fourth-order valence-electron chi connectivity index (χ4n) is 2.86. The second kappa shape index (κ2) is 9.33. The van der Waals surface area contributed by atoms with Crippen LogP contribution in [0, 0.1) is 20.8 Å². The van der Waals surface area contributed by atoms with Crippen molar-refractivity contribution >= 4 is 17.5 Å². The first-order valence-electron chi connectivity index (χ1n) is 9.11. The standard InChI is InChI=1S/C22H29N3O2/c1-16-10-8-12-20(18(16)3)23-21(26)14-24(4)15-22(27)25(5)13-19-11-7-6-9-17(19)2/h6-12H,13-15H2,1-5H3,(H,23,26). The highest BCUT2D eigenvalue weighted by molar-refractivity contribution is 5.93. The fourth-order valence-corrected chi connectivity index (χ4v) is 2.86. The summed E-state index contributed by atoms with van der Waals surface area (Å²) in [6.07, 6.45) is 0. The molecule has 5 nitrogen and oxygen atoms in total. The highest BCUT2D eigenvalue weighted by Crippen LogP contribution is 2.17. The van der Waals surface area contributed by atoms with E-state index >= 15 is 0 Å². The first-order chi connectivity index (χ1) is 12.8. The van der Waals surface area contributed by atoms with Crippen LogP contribution in [0.5, 0.6) is 0 Å². The van der Waals surface area contributed by atoms with E-state index in [1.165, 1.54) is 5.56 Å². The molecular formula is C22H29N3O2. The third-order valence-corrected chi connectivity index (χ3v) is 4.79. The SMILES string of the molecule is Cc1ccccc1CN(C)C(=O)CN(C)CC(=O)Nc1cccc(C)c1C. The second-order valence-electron chi connectivity index (χ2n) is 7.14. The maximum absolute atomic E-state index is 12.5. The van der Waals surface area contributed by atoms with E-state index in [9.17, 15) is 9.59 Å². The second-order valence-corrected chi connectivity index (χ2v) is 7.14. The van der Waals surface area contributed by atoms with Gasteiger partial charge in [0.15, 0.2) is 0 Å². The van der Waals surface area contributed by atoms with E-state index < -0.39 is 0 Å². The molecule has 0 aliphatic carbocycles. The van der Waals surface area contributed by atoms with Gasteiger partial charge in [-0.05, 0) is 56.1 Å². The number of nitrogens with one attached hydrogen (secondary N) is 1. The molecule has 0 radical (unpaired) electrons. The summed E-state index contributed by atoms with van der Waals surface area (Å²) < 4.78 is 0. The Kier molecular flexibility index (Phi) is 7.13. The number of nitrogens with zero attached hydrogens (tertiary/aromatic N) is 2. The molecule has 0 heterocycles. The molecule has 0 saturated heterocycles. The van der Waals surface area contributed by atoms with Gasteiger partial charge in [-0.2, -0.15) is 0 Å². The van der Waals surface area contributed by atoms with Crippen LogP contribution in [0.1, 0.15) is 22.3 Å². The molecule has 144 valence electrons. The van der Waals surface area contributed by atoms with Crippen LogP contribution in [0.15, 0.2) is 42.5 Å². The minimum atomic E-state index is -0.124.